The van der Waals surface area contributed by atoms with Crippen molar-refractivity contribution in [1.82, 2.24) is 4.98 Å². The third kappa shape index (κ3) is 3.03. The molecule has 0 radical (unpaired) electrons. The van der Waals surface area contributed by atoms with Crippen molar-refractivity contribution >= 4 is 23.0 Å². The van der Waals surface area contributed by atoms with Gasteiger partial charge in [-0.25, -0.2) is 4.98 Å². The molecule has 3 nitrogen and oxygen atoms in total. The van der Waals surface area contributed by atoms with Crippen LogP contribution in [0.2, 0.25) is 0 Å². The van der Waals surface area contributed by atoms with Gasteiger partial charge in [0.2, 0.25) is 0 Å². The van der Waals surface area contributed by atoms with E-state index in [2.05, 4.69) is 4.98 Å². The van der Waals surface area contributed by atoms with Gasteiger partial charge in [-0.2, -0.15) is 13.2 Å². The van der Waals surface area contributed by atoms with Crippen molar-refractivity contribution in [1.29, 1.82) is 0 Å². The first-order valence-corrected chi connectivity index (χ1v) is 6.86. The van der Waals surface area contributed by atoms with Crippen LogP contribution in [-0.4, -0.2) is 22.6 Å². The van der Waals surface area contributed by atoms with Gasteiger partial charge in [0.15, 0.2) is 0 Å². The summed E-state index contributed by atoms with van der Waals surface area (Å²) in [6, 6.07) is 2.37. The minimum atomic E-state index is -4.47. The molecular formula is C13H16F3N3S. The molecule has 0 aliphatic carbocycles. The normalized spacial score (nSPS) is 20.0. The molecule has 0 bridgehead atoms. The van der Waals surface area contributed by atoms with E-state index in [9.17, 15) is 13.2 Å². The van der Waals surface area contributed by atoms with E-state index in [0.29, 0.717) is 12.1 Å². The van der Waals surface area contributed by atoms with Crippen LogP contribution in [0.1, 0.15) is 37.4 Å². The van der Waals surface area contributed by atoms with E-state index < -0.39 is 11.9 Å². The molecule has 110 valence electrons. The van der Waals surface area contributed by atoms with Crippen molar-refractivity contribution in [2.24, 2.45) is 5.73 Å². The van der Waals surface area contributed by atoms with Gasteiger partial charge in [-0.1, -0.05) is 12.2 Å². The predicted octanol–water partition coefficient (Wildman–Crippen LogP) is 3.11. The summed E-state index contributed by atoms with van der Waals surface area (Å²) < 4.78 is 38.5. The molecule has 0 spiro atoms. The van der Waals surface area contributed by atoms with Gasteiger partial charge in [0.05, 0.1) is 5.56 Å². The van der Waals surface area contributed by atoms with Crippen LogP contribution < -0.4 is 10.6 Å². The first-order valence-electron chi connectivity index (χ1n) is 6.45. The lowest BCUT2D eigenvalue weighted by molar-refractivity contribution is -0.141. The highest BCUT2D eigenvalue weighted by Crippen LogP contribution is 2.32. The Morgan fingerprint density at radius 1 is 1.40 bits per heavy atom. The number of anilines is 1. The zero-order chi connectivity index (χ0) is 14.9. The fourth-order valence-electron chi connectivity index (χ4n) is 2.43. The van der Waals surface area contributed by atoms with E-state index in [1.165, 1.54) is 6.07 Å². The largest absolute Gasteiger partial charge is 0.433 e. The molecule has 1 fully saturated rings. The summed E-state index contributed by atoms with van der Waals surface area (Å²) in [6.07, 6.45) is -1.55. The standard InChI is InChI=1S/C13H16F3N3S/c1-8-4-2-3-7-19(8)12-9(11(17)20)5-6-10(18-12)13(14,15)16/h5-6,8H,2-4,7H2,1H3,(H2,17,20). The second-order valence-corrected chi connectivity index (χ2v) is 5.41. The van der Waals surface area contributed by atoms with Crippen molar-refractivity contribution in [3.05, 3.63) is 23.4 Å². The summed E-state index contributed by atoms with van der Waals surface area (Å²) in [6.45, 7) is 2.65. The number of aromatic nitrogens is 1. The van der Waals surface area contributed by atoms with E-state index >= 15 is 0 Å². The maximum Gasteiger partial charge on any atom is 0.433 e. The molecule has 0 saturated carbocycles. The Balaban J connectivity index is 2.49. The fourth-order valence-corrected chi connectivity index (χ4v) is 2.59. The highest BCUT2D eigenvalue weighted by atomic mass is 32.1. The molecule has 1 atom stereocenters. The molecule has 1 aromatic heterocycles. The number of thiocarbonyl (C=S) groups is 1. The van der Waals surface area contributed by atoms with Crippen LogP contribution in [0, 0.1) is 0 Å². The number of piperidine rings is 1. The SMILES string of the molecule is CC1CCCCN1c1nc(C(F)(F)F)ccc1C(N)=S. The van der Waals surface area contributed by atoms with Gasteiger partial charge in [0.25, 0.3) is 0 Å². The minimum absolute atomic E-state index is 0.0685. The Bertz CT molecular complexity index is 516. The van der Waals surface area contributed by atoms with Crippen LogP contribution in [0.15, 0.2) is 12.1 Å². The number of nitrogens with two attached hydrogens (primary N) is 1. The van der Waals surface area contributed by atoms with E-state index in [-0.39, 0.29) is 16.8 Å². The molecule has 2 N–H and O–H groups in total. The van der Waals surface area contributed by atoms with Gasteiger partial charge in [-0.05, 0) is 38.3 Å². The van der Waals surface area contributed by atoms with Crippen molar-refractivity contribution in [2.75, 3.05) is 11.4 Å². The lowest BCUT2D eigenvalue weighted by Crippen LogP contribution is -2.39. The highest BCUT2D eigenvalue weighted by Gasteiger charge is 2.34. The van der Waals surface area contributed by atoms with Gasteiger partial charge >= 0.3 is 6.18 Å². The zero-order valence-electron chi connectivity index (χ0n) is 11.1. The van der Waals surface area contributed by atoms with E-state index in [0.717, 1.165) is 25.3 Å². The van der Waals surface area contributed by atoms with Crippen LogP contribution in [-0.2, 0) is 6.18 Å². The van der Waals surface area contributed by atoms with Gasteiger partial charge in [-0.3, -0.25) is 0 Å². The van der Waals surface area contributed by atoms with Crippen LogP contribution in [0.25, 0.3) is 0 Å². The molecule has 0 amide bonds. The first kappa shape index (κ1) is 15.0. The lowest BCUT2D eigenvalue weighted by Gasteiger charge is -2.35. The quantitative estimate of drug-likeness (QED) is 0.853. The Morgan fingerprint density at radius 2 is 2.10 bits per heavy atom. The van der Waals surface area contributed by atoms with Crippen LogP contribution in [0.3, 0.4) is 0 Å². The number of rotatable bonds is 2. The Morgan fingerprint density at radius 3 is 2.65 bits per heavy atom. The molecular weight excluding hydrogens is 287 g/mol. The van der Waals surface area contributed by atoms with Crippen molar-refractivity contribution < 1.29 is 13.2 Å². The van der Waals surface area contributed by atoms with Crippen molar-refractivity contribution in [2.45, 2.75) is 38.4 Å². The van der Waals surface area contributed by atoms with Crippen LogP contribution >= 0.6 is 12.2 Å². The smallest absolute Gasteiger partial charge is 0.389 e. The summed E-state index contributed by atoms with van der Waals surface area (Å²) >= 11 is 4.92. The number of pyridine rings is 1. The molecule has 2 heterocycles. The number of hydrogen-bond donors (Lipinski definition) is 1. The van der Waals surface area contributed by atoms with E-state index in [4.69, 9.17) is 18.0 Å². The van der Waals surface area contributed by atoms with Crippen molar-refractivity contribution in [3.8, 4) is 0 Å². The third-order valence-electron chi connectivity index (χ3n) is 3.51. The summed E-state index contributed by atoms with van der Waals surface area (Å²) in [5, 5.41) is 0. The number of alkyl halides is 3. The molecule has 2 rings (SSSR count). The Kier molecular flexibility index (Phi) is 4.17. The van der Waals surface area contributed by atoms with E-state index in [1.54, 1.807) is 0 Å². The van der Waals surface area contributed by atoms with Gasteiger partial charge in [0.1, 0.15) is 16.5 Å². The molecule has 1 aromatic rings. The number of hydrogen-bond acceptors (Lipinski definition) is 3. The van der Waals surface area contributed by atoms with Crippen molar-refractivity contribution in [3.63, 3.8) is 0 Å². The summed E-state index contributed by atoms with van der Waals surface area (Å²) in [7, 11) is 0. The summed E-state index contributed by atoms with van der Waals surface area (Å²) in [4.78, 5) is 5.71. The molecule has 1 saturated heterocycles. The molecule has 0 aromatic carbocycles. The average molecular weight is 303 g/mol. The topological polar surface area (TPSA) is 42.2 Å². The maximum absolute atomic E-state index is 12.8. The summed E-state index contributed by atoms with van der Waals surface area (Å²) in [5.41, 5.74) is 5.10. The number of halogens is 3. The second-order valence-electron chi connectivity index (χ2n) is 4.97. The maximum atomic E-state index is 12.8. The number of nitrogens with zero attached hydrogens (tertiary/aromatic N) is 2. The fraction of sp³-hybridized carbons (Fsp3) is 0.538. The Labute approximate surface area is 121 Å². The van der Waals surface area contributed by atoms with Gasteiger partial charge in [-0.15, -0.1) is 0 Å². The predicted molar refractivity (Wildman–Crippen MR) is 75.8 cm³/mol. The summed E-state index contributed by atoms with van der Waals surface area (Å²) in [5.74, 6) is 0.250. The second kappa shape index (κ2) is 5.55. The first-order chi connectivity index (χ1) is 9.30. The third-order valence-corrected chi connectivity index (χ3v) is 3.73. The van der Waals surface area contributed by atoms with Gasteiger partial charge in [0, 0.05) is 12.6 Å². The van der Waals surface area contributed by atoms with E-state index in [1.807, 2.05) is 11.8 Å². The molecule has 20 heavy (non-hydrogen) atoms. The molecule has 1 unspecified atom stereocenters. The minimum Gasteiger partial charge on any atom is -0.389 e. The molecule has 1 aliphatic rings. The lowest BCUT2D eigenvalue weighted by atomic mass is 10.0. The monoisotopic (exact) mass is 303 g/mol. The average Bonchev–Trinajstić information content (AvgIpc) is 2.37. The highest BCUT2D eigenvalue weighted by molar-refractivity contribution is 7.80. The zero-order valence-corrected chi connectivity index (χ0v) is 11.9. The van der Waals surface area contributed by atoms with Gasteiger partial charge < -0.3 is 10.6 Å². The molecule has 1 aliphatic heterocycles. The molecule has 7 heteroatoms. The van der Waals surface area contributed by atoms with Crippen LogP contribution in [0.4, 0.5) is 19.0 Å². The van der Waals surface area contributed by atoms with Crippen LogP contribution in [0.5, 0.6) is 0 Å². The Hall–Kier alpha value is -1.37.